The van der Waals surface area contributed by atoms with Gasteiger partial charge in [-0.3, -0.25) is 4.79 Å². The van der Waals surface area contributed by atoms with Gasteiger partial charge in [0.15, 0.2) is 0 Å². The lowest BCUT2D eigenvalue weighted by Gasteiger charge is -2.20. The van der Waals surface area contributed by atoms with Crippen molar-refractivity contribution in [2.45, 2.75) is 17.7 Å². The zero-order valence-electron chi connectivity index (χ0n) is 9.52. The summed E-state index contributed by atoms with van der Waals surface area (Å²) in [6.07, 6.45) is 1.84. The SMILES string of the molecule is O=C(CSc1ccccc1F)C1CCCOC1. The minimum absolute atomic E-state index is 0.00280. The van der Waals surface area contributed by atoms with Crippen molar-refractivity contribution < 1.29 is 13.9 Å². The highest BCUT2D eigenvalue weighted by Gasteiger charge is 2.21. The van der Waals surface area contributed by atoms with Gasteiger partial charge in [-0.15, -0.1) is 11.8 Å². The van der Waals surface area contributed by atoms with E-state index in [1.165, 1.54) is 17.8 Å². The van der Waals surface area contributed by atoms with E-state index in [0.29, 0.717) is 17.3 Å². The second-order valence-electron chi connectivity index (χ2n) is 4.10. The Hall–Kier alpha value is -0.870. The second kappa shape index (κ2) is 6.17. The molecule has 1 saturated heterocycles. The Morgan fingerprint density at radius 2 is 2.29 bits per heavy atom. The maximum Gasteiger partial charge on any atom is 0.148 e. The molecule has 2 nitrogen and oxygen atoms in total. The van der Waals surface area contributed by atoms with Crippen LogP contribution in [-0.4, -0.2) is 24.7 Å². The summed E-state index contributed by atoms with van der Waals surface area (Å²) in [4.78, 5) is 12.4. The Bertz CT molecular complexity index is 389. The van der Waals surface area contributed by atoms with Crippen molar-refractivity contribution in [3.8, 4) is 0 Å². The maximum atomic E-state index is 13.3. The van der Waals surface area contributed by atoms with Crippen molar-refractivity contribution >= 4 is 17.5 Å². The van der Waals surface area contributed by atoms with Crippen LogP contribution in [0, 0.1) is 11.7 Å². The van der Waals surface area contributed by atoms with Crippen molar-refractivity contribution in [3.63, 3.8) is 0 Å². The first-order valence-electron chi connectivity index (χ1n) is 5.75. The third-order valence-corrected chi connectivity index (χ3v) is 3.89. The Morgan fingerprint density at radius 1 is 1.47 bits per heavy atom. The lowest BCUT2D eigenvalue weighted by atomic mass is 9.99. The average Bonchev–Trinajstić information content (AvgIpc) is 2.38. The largest absolute Gasteiger partial charge is 0.381 e. The van der Waals surface area contributed by atoms with Crippen LogP contribution in [0.15, 0.2) is 29.2 Å². The van der Waals surface area contributed by atoms with Crippen LogP contribution in [0.4, 0.5) is 4.39 Å². The van der Waals surface area contributed by atoms with E-state index in [1.54, 1.807) is 18.2 Å². The maximum absolute atomic E-state index is 13.3. The number of carbonyl (C=O) groups excluding carboxylic acids is 1. The molecule has 1 fully saturated rings. The van der Waals surface area contributed by atoms with Crippen molar-refractivity contribution in [2.24, 2.45) is 5.92 Å². The van der Waals surface area contributed by atoms with Gasteiger partial charge in [-0.2, -0.15) is 0 Å². The van der Waals surface area contributed by atoms with Crippen LogP contribution in [-0.2, 0) is 9.53 Å². The van der Waals surface area contributed by atoms with Gasteiger partial charge in [-0.05, 0) is 25.0 Å². The summed E-state index contributed by atoms with van der Waals surface area (Å²) in [6.45, 7) is 1.28. The number of ketones is 1. The fourth-order valence-corrected chi connectivity index (χ4v) is 2.74. The van der Waals surface area contributed by atoms with E-state index in [1.807, 2.05) is 0 Å². The molecular formula is C13H15FO2S. The first-order chi connectivity index (χ1) is 8.27. The van der Waals surface area contributed by atoms with Gasteiger partial charge >= 0.3 is 0 Å². The lowest BCUT2D eigenvalue weighted by Crippen LogP contribution is -2.26. The van der Waals surface area contributed by atoms with Crippen LogP contribution in [0.3, 0.4) is 0 Å². The summed E-state index contributed by atoms with van der Waals surface area (Å²) in [7, 11) is 0. The van der Waals surface area contributed by atoms with E-state index in [0.717, 1.165) is 19.4 Å². The Labute approximate surface area is 105 Å². The number of Topliss-reactive ketones (excluding diaryl/α,β-unsaturated/α-hetero) is 1. The minimum Gasteiger partial charge on any atom is -0.381 e. The molecule has 1 aromatic carbocycles. The molecule has 0 radical (unpaired) electrons. The average molecular weight is 254 g/mol. The minimum atomic E-state index is -0.259. The predicted octanol–water partition coefficient (Wildman–Crippen LogP) is 2.91. The zero-order valence-corrected chi connectivity index (χ0v) is 10.3. The van der Waals surface area contributed by atoms with Crippen molar-refractivity contribution in [1.29, 1.82) is 0 Å². The molecular weight excluding hydrogens is 239 g/mol. The molecule has 0 saturated carbocycles. The van der Waals surface area contributed by atoms with E-state index >= 15 is 0 Å². The number of halogens is 1. The number of hydrogen-bond acceptors (Lipinski definition) is 3. The highest BCUT2D eigenvalue weighted by Crippen LogP contribution is 2.24. The van der Waals surface area contributed by atoms with Gasteiger partial charge in [0.05, 0.1) is 12.4 Å². The molecule has 1 heterocycles. The van der Waals surface area contributed by atoms with Crippen LogP contribution in [0.2, 0.25) is 0 Å². The first-order valence-corrected chi connectivity index (χ1v) is 6.73. The number of thioether (sulfide) groups is 1. The normalized spacial score (nSPS) is 20.2. The topological polar surface area (TPSA) is 26.3 Å². The Morgan fingerprint density at radius 3 is 3.00 bits per heavy atom. The number of rotatable bonds is 4. The van der Waals surface area contributed by atoms with Crippen molar-refractivity contribution in [2.75, 3.05) is 19.0 Å². The van der Waals surface area contributed by atoms with E-state index in [4.69, 9.17) is 4.74 Å². The molecule has 0 bridgehead atoms. The summed E-state index contributed by atoms with van der Waals surface area (Å²) in [6, 6.07) is 6.54. The standard InChI is InChI=1S/C13H15FO2S/c14-11-5-1-2-6-13(11)17-9-12(15)10-4-3-7-16-8-10/h1-2,5-6,10H,3-4,7-9H2. The van der Waals surface area contributed by atoms with Gasteiger partial charge in [-0.1, -0.05) is 12.1 Å². The van der Waals surface area contributed by atoms with Crippen LogP contribution >= 0.6 is 11.8 Å². The predicted molar refractivity (Wildman–Crippen MR) is 65.7 cm³/mol. The van der Waals surface area contributed by atoms with Crippen LogP contribution in [0.5, 0.6) is 0 Å². The van der Waals surface area contributed by atoms with Crippen LogP contribution < -0.4 is 0 Å². The van der Waals surface area contributed by atoms with Crippen molar-refractivity contribution in [1.82, 2.24) is 0 Å². The number of ether oxygens (including phenoxy) is 1. The highest BCUT2D eigenvalue weighted by molar-refractivity contribution is 8.00. The molecule has 1 aliphatic heterocycles. The molecule has 1 atom stereocenters. The molecule has 92 valence electrons. The van der Waals surface area contributed by atoms with E-state index in [9.17, 15) is 9.18 Å². The third kappa shape index (κ3) is 3.54. The van der Waals surface area contributed by atoms with Crippen LogP contribution in [0.1, 0.15) is 12.8 Å². The molecule has 4 heteroatoms. The molecule has 2 rings (SSSR count). The summed E-state index contributed by atoms with van der Waals surface area (Å²) < 4.78 is 18.6. The Kier molecular flexibility index (Phi) is 4.57. The van der Waals surface area contributed by atoms with Gasteiger partial charge in [-0.25, -0.2) is 4.39 Å². The zero-order chi connectivity index (χ0) is 12.1. The Balaban J connectivity index is 1.85. The fourth-order valence-electron chi connectivity index (χ4n) is 1.82. The smallest absolute Gasteiger partial charge is 0.148 e. The fraction of sp³-hybridized carbons (Fsp3) is 0.462. The molecule has 1 aromatic rings. The molecule has 0 amide bonds. The van der Waals surface area contributed by atoms with E-state index < -0.39 is 0 Å². The molecule has 0 aromatic heterocycles. The summed E-state index contributed by atoms with van der Waals surface area (Å²) >= 11 is 1.27. The van der Waals surface area contributed by atoms with Gasteiger partial charge in [0, 0.05) is 17.4 Å². The van der Waals surface area contributed by atoms with Crippen molar-refractivity contribution in [3.05, 3.63) is 30.1 Å². The van der Waals surface area contributed by atoms with Gasteiger partial charge in [0.2, 0.25) is 0 Å². The van der Waals surface area contributed by atoms with Gasteiger partial charge in [0.1, 0.15) is 11.6 Å². The summed E-state index contributed by atoms with van der Waals surface area (Å²) in [5, 5.41) is 0. The lowest BCUT2D eigenvalue weighted by molar-refractivity contribution is -0.124. The molecule has 0 N–H and O–H groups in total. The monoisotopic (exact) mass is 254 g/mol. The van der Waals surface area contributed by atoms with Gasteiger partial charge < -0.3 is 4.74 Å². The van der Waals surface area contributed by atoms with Gasteiger partial charge in [0.25, 0.3) is 0 Å². The number of carbonyl (C=O) groups is 1. The van der Waals surface area contributed by atoms with E-state index in [2.05, 4.69) is 0 Å². The molecule has 0 spiro atoms. The molecule has 1 unspecified atom stereocenters. The highest BCUT2D eigenvalue weighted by atomic mass is 32.2. The molecule has 1 aliphatic rings. The third-order valence-electron chi connectivity index (χ3n) is 2.82. The summed E-state index contributed by atoms with van der Waals surface area (Å²) in [5.74, 6) is 0.237. The number of hydrogen-bond donors (Lipinski definition) is 0. The quantitative estimate of drug-likeness (QED) is 0.773. The van der Waals surface area contributed by atoms with Crippen LogP contribution in [0.25, 0.3) is 0 Å². The van der Waals surface area contributed by atoms with E-state index in [-0.39, 0.29) is 17.5 Å². The number of benzene rings is 1. The molecule has 0 aliphatic carbocycles. The second-order valence-corrected chi connectivity index (χ2v) is 5.12. The molecule has 17 heavy (non-hydrogen) atoms. The summed E-state index contributed by atoms with van der Waals surface area (Å²) in [5.41, 5.74) is 0. The first kappa shape index (κ1) is 12.6.